The second-order valence-electron chi connectivity index (χ2n) is 6.48. The lowest BCUT2D eigenvalue weighted by atomic mass is 10.1. The van der Waals surface area contributed by atoms with Gasteiger partial charge in [-0.15, -0.1) is 11.3 Å². The summed E-state index contributed by atoms with van der Waals surface area (Å²) >= 11 is 1.65. The van der Waals surface area contributed by atoms with Gasteiger partial charge in [0.2, 0.25) is 0 Å². The van der Waals surface area contributed by atoms with Crippen molar-refractivity contribution in [1.29, 1.82) is 0 Å². The normalized spacial score (nSPS) is 10.6. The number of hydrogen-bond acceptors (Lipinski definition) is 5. The van der Waals surface area contributed by atoms with Crippen LogP contribution in [0.2, 0.25) is 0 Å². The maximum Gasteiger partial charge on any atom is 0.251 e. The molecular formula is C23H26N2O3S. The quantitative estimate of drug-likeness (QED) is 0.546. The summed E-state index contributed by atoms with van der Waals surface area (Å²) in [5.41, 5.74) is 3.85. The van der Waals surface area contributed by atoms with E-state index in [1.54, 1.807) is 29.5 Å². The summed E-state index contributed by atoms with van der Waals surface area (Å²) in [4.78, 5) is 17.0. The fraction of sp³-hybridized carbons (Fsp3) is 0.304. The third-order valence-electron chi connectivity index (χ3n) is 4.37. The van der Waals surface area contributed by atoms with Crippen LogP contribution in [-0.4, -0.2) is 30.6 Å². The van der Waals surface area contributed by atoms with Crippen LogP contribution in [0.25, 0.3) is 11.3 Å². The first-order valence-corrected chi connectivity index (χ1v) is 10.7. The monoisotopic (exact) mass is 410 g/mol. The van der Waals surface area contributed by atoms with E-state index < -0.39 is 0 Å². The average Bonchev–Trinajstić information content (AvgIpc) is 3.16. The Morgan fingerprint density at radius 3 is 2.41 bits per heavy atom. The summed E-state index contributed by atoms with van der Waals surface area (Å²) in [6, 6.07) is 13.6. The Kier molecular flexibility index (Phi) is 7.25. The van der Waals surface area contributed by atoms with Gasteiger partial charge in [-0.3, -0.25) is 4.79 Å². The van der Waals surface area contributed by atoms with Crippen LogP contribution < -0.4 is 14.8 Å². The van der Waals surface area contributed by atoms with Gasteiger partial charge in [0, 0.05) is 23.1 Å². The van der Waals surface area contributed by atoms with E-state index >= 15 is 0 Å². The molecule has 3 aromatic rings. The molecule has 6 heteroatoms. The highest BCUT2D eigenvalue weighted by Gasteiger charge is 2.11. The Bertz CT molecular complexity index is 951. The van der Waals surface area contributed by atoms with Crippen LogP contribution in [0, 0.1) is 6.92 Å². The van der Waals surface area contributed by atoms with Crippen LogP contribution in [-0.2, 0) is 6.42 Å². The van der Waals surface area contributed by atoms with Crippen molar-refractivity contribution in [1.82, 2.24) is 10.3 Å². The minimum Gasteiger partial charge on any atom is -0.490 e. The first kappa shape index (κ1) is 20.9. The molecular weight excluding hydrogens is 384 g/mol. The number of ether oxygens (including phenoxy) is 2. The number of benzene rings is 2. The molecule has 0 saturated heterocycles. The minimum atomic E-state index is -0.122. The largest absolute Gasteiger partial charge is 0.490 e. The third kappa shape index (κ3) is 5.57. The zero-order chi connectivity index (χ0) is 20.6. The van der Waals surface area contributed by atoms with E-state index in [1.807, 2.05) is 20.8 Å². The first-order valence-electron chi connectivity index (χ1n) is 9.80. The van der Waals surface area contributed by atoms with Crippen molar-refractivity contribution in [3.63, 3.8) is 0 Å². The lowest BCUT2D eigenvalue weighted by Gasteiger charge is -2.12. The molecule has 0 bridgehead atoms. The second kappa shape index (κ2) is 10.1. The van der Waals surface area contributed by atoms with Gasteiger partial charge in [-0.25, -0.2) is 4.98 Å². The molecule has 29 heavy (non-hydrogen) atoms. The summed E-state index contributed by atoms with van der Waals surface area (Å²) in [5, 5.41) is 6.10. The van der Waals surface area contributed by atoms with Gasteiger partial charge in [0.15, 0.2) is 11.5 Å². The Morgan fingerprint density at radius 1 is 1.03 bits per heavy atom. The van der Waals surface area contributed by atoms with Crippen molar-refractivity contribution in [2.45, 2.75) is 27.2 Å². The Hall–Kier alpha value is -2.86. The van der Waals surface area contributed by atoms with E-state index in [1.165, 1.54) is 5.56 Å². The zero-order valence-corrected chi connectivity index (χ0v) is 17.8. The number of amides is 1. The van der Waals surface area contributed by atoms with E-state index in [0.717, 1.165) is 22.7 Å². The molecule has 1 aromatic heterocycles. The minimum absolute atomic E-state index is 0.122. The molecule has 5 nitrogen and oxygen atoms in total. The van der Waals surface area contributed by atoms with Gasteiger partial charge >= 0.3 is 0 Å². The number of carbonyl (C=O) groups excluding carboxylic acids is 1. The molecule has 0 radical (unpaired) electrons. The highest BCUT2D eigenvalue weighted by Crippen LogP contribution is 2.28. The van der Waals surface area contributed by atoms with Crippen LogP contribution in [0.5, 0.6) is 11.5 Å². The van der Waals surface area contributed by atoms with Gasteiger partial charge in [0.25, 0.3) is 5.91 Å². The van der Waals surface area contributed by atoms with Crippen LogP contribution >= 0.6 is 11.3 Å². The van der Waals surface area contributed by atoms with Crippen molar-refractivity contribution in [2.24, 2.45) is 0 Å². The highest BCUT2D eigenvalue weighted by molar-refractivity contribution is 7.09. The average molecular weight is 411 g/mol. The molecule has 0 saturated carbocycles. The lowest BCUT2D eigenvalue weighted by Crippen LogP contribution is -2.25. The zero-order valence-electron chi connectivity index (χ0n) is 17.0. The molecule has 0 atom stereocenters. The summed E-state index contributed by atoms with van der Waals surface area (Å²) in [6.45, 7) is 7.45. The molecule has 0 unspecified atom stereocenters. The third-order valence-corrected chi connectivity index (χ3v) is 5.15. The molecule has 0 fully saturated rings. The molecule has 152 valence electrons. The van der Waals surface area contributed by atoms with Crippen LogP contribution in [0.15, 0.2) is 47.8 Å². The summed E-state index contributed by atoms with van der Waals surface area (Å²) in [7, 11) is 0. The smallest absolute Gasteiger partial charge is 0.251 e. The van der Waals surface area contributed by atoms with Crippen LogP contribution in [0.3, 0.4) is 0 Å². The van der Waals surface area contributed by atoms with Crippen molar-refractivity contribution < 1.29 is 14.3 Å². The summed E-state index contributed by atoms with van der Waals surface area (Å²) < 4.78 is 11.1. The lowest BCUT2D eigenvalue weighted by molar-refractivity contribution is 0.0953. The number of thiazole rings is 1. The fourth-order valence-electron chi connectivity index (χ4n) is 2.95. The van der Waals surface area contributed by atoms with Crippen LogP contribution in [0.4, 0.5) is 0 Å². The predicted molar refractivity (Wildman–Crippen MR) is 117 cm³/mol. The molecule has 0 spiro atoms. The van der Waals surface area contributed by atoms with Crippen molar-refractivity contribution in [3.05, 3.63) is 64.0 Å². The molecule has 0 aliphatic heterocycles. The van der Waals surface area contributed by atoms with Gasteiger partial charge in [0.05, 0.1) is 23.9 Å². The van der Waals surface area contributed by atoms with Crippen molar-refractivity contribution >= 4 is 17.2 Å². The topological polar surface area (TPSA) is 60.5 Å². The van der Waals surface area contributed by atoms with Crippen molar-refractivity contribution in [2.75, 3.05) is 19.8 Å². The van der Waals surface area contributed by atoms with Gasteiger partial charge in [-0.2, -0.15) is 0 Å². The fourth-order valence-corrected chi connectivity index (χ4v) is 3.57. The molecule has 1 N–H and O–H groups in total. The van der Waals surface area contributed by atoms with Gasteiger partial charge in [-0.1, -0.05) is 24.3 Å². The molecule has 0 aliphatic carbocycles. The van der Waals surface area contributed by atoms with E-state index in [-0.39, 0.29) is 5.91 Å². The molecule has 1 amide bonds. The maximum atomic E-state index is 12.5. The standard InChI is InChI=1S/C23H26N2O3S/c1-4-27-21-11-10-19(14-22(21)28-5-2)23(26)24-13-12-17-6-8-18(9-7-17)20-15-29-16(3)25-20/h6-11,14-15H,4-5,12-13H2,1-3H3,(H,24,26). The number of rotatable bonds is 9. The maximum absolute atomic E-state index is 12.5. The molecule has 2 aromatic carbocycles. The molecule has 0 aliphatic rings. The molecule has 1 heterocycles. The second-order valence-corrected chi connectivity index (χ2v) is 7.54. The van der Waals surface area contributed by atoms with Gasteiger partial charge in [-0.05, 0) is 51.0 Å². The van der Waals surface area contributed by atoms with Crippen LogP contribution in [0.1, 0.15) is 34.8 Å². The first-order chi connectivity index (χ1) is 14.1. The number of hydrogen-bond donors (Lipinski definition) is 1. The number of carbonyl (C=O) groups is 1. The summed E-state index contributed by atoms with van der Waals surface area (Å²) in [6.07, 6.45) is 0.761. The number of aromatic nitrogens is 1. The highest BCUT2D eigenvalue weighted by atomic mass is 32.1. The van der Waals surface area contributed by atoms with Crippen molar-refractivity contribution in [3.8, 4) is 22.8 Å². The summed E-state index contributed by atoms with van der Waals surface area (Å²) in [5.74, 6) is 1.12. The van der Waals surface area contributed by atoms with E-state index in [2.05, 4.69) is 39.9 Å². The van der Waals surface area contributed by atoms with E-state index in [9.17, 15) is 4.79 Å². The number of nitrogens with one attached hydrogen (secondary N) is 1. The van der Waals surface area contributed by atoms with Gasteiger partial charge in [0.1, 0.15) is 0 Å². The number of nitrogens with zero attached hydrogens (tertiary/aromatic N) is 1. The Balaban J connectivity index is 1.56. The van der Waals surface area contributed by atoms with Gasteiger partial charge < -0.3 is 14.8 Å². The Labute approximate surface area is 175 Å². The Morgan fingerprint density at radius 2 is 1.76 bits per heavy atom. The molecule has 3 rings (SSSR count). The number of aryl methyl sites for hydroxylation is 1. The predicted octanol–water partition coefficient (Wildman–Crippen LogP) is 4.89. The SMILES string of the molecule is CCOc1ccc(C(=O)NCCc2ccc(-c3csc(C)n3)cc2)cc1OCC. The van der Waals surface area contributed by atoms with E-state index in [4.69, 9.17) is 9.47 Å². The van der Waals surface area contributed by atoms with E-state index in [0.29, 0.717) is 36.8 Å².